The van der Waals surface area contributed by atoms with Gasteiger partial charge in [-0.15, -0.1) is 0 Å². The molecule has 0 unspecified atom stereocenters. The normalized spacial score (nSPS) is 17.1. The minimum atomic E-state index is -0.383. The second kappa shape index (κ2) is 6.77. The number of rotatable bonds is 4. The molecule has 3 heterocycles. The fourth-order valence-electron chi connectivity index (χ4n) is 3.21. The van der Waals surface area contributed by atoms with Crippen LogP contribution in [0.3, 0.4) is 0 Å². The maximum atomic E-state index is 14.1. The summed E-state index contributed by atoms with van der Waals surface area (Å²) < 4.78 is 22.0. The highest BCUT2D eigenvalue weighted by Gasteiger charge is 2.29. The molecule has 4 rings (SSSR count). The van der Waals surface area contributed by atoms with Gasteiger partial charge in [0.05, 0.1) is 23.0 Å². The smallest absolute Gasteiger partial charge is 0.278 e. The molecule has 0 saturated carbocycles. The Morgan fingerprint density at radius 1 is 1.50 bits per heavy atom. The number of carbonyl (C=O) groups is 1. The van der Waals surface area contributed by atoms with Crippen LogP contribution in [0.2, 0.25) is 0 Å². The van der Waals surface area contributed by atoms with E-state index >= 15 is 0 Å². The number of hydrogen-bond donors (Lipinski definition) is 0. The van der Waals surface area contributed by atoms with E-state index in [1.165, 1.54) is 17.4 Å². The van der Waals surface area contributed by atoms with Crippen LogP contribution in [0.25, 0.3) is 10.2 Å². The van der Waals surface area contributed by atoms with Gasteiger partial charge in [-0.3, -0.25) is 14.4 Å². The molecule has 1 aliphatic rings. The maximum absolute atomic E-state index is 14.1. The minimum Gasteiger partial charge on any atom is -0.376 e. The maximum Gasteiger partial charge on any atom is 0.278 e. The molecule has 1 fully saturated rings. The minimum absolute atomic E-state index is 0.0369. The fraction of sp³-hybridized carbons (Fsp3) is 0.389. The summed E-state index contributed by atoms with van der Waals surface area (Å²) >= 11 is 1.31. The Bertz CT molecular complexity index is 961. The number of amides is 1. The molecular weight excluding hydrogens is 355 g/mol. The Balaban J connectivity index is 1.75. The molecule has 2 aromatic heterocycles. The molecule has 0 aliphatic carbocycles. The number of aromatic nitrogens is 3. The molecule has 1 aromatic carbocycles. The lowest BCUT2D eigenvalue weighted by Crippen LogP contribution is -2.38. The predicted octanol–water partition coefficient (Wildman–Crippen LogP) is 3.30. The molecule has 6 nitrogen and oxygen atoms in total. The third-order valence-electron chi connectivity index (χ3n) is 4.47. The van der Waals surface area contributed by atoms with E-state index < -0.39 is 0 Å². The van der Waals surface area contributed by atoms with E-state index in [9.17, 15) is 9.18 Å². The number of ether oxygens (including phenoxy) is 1. The first-order valence-corrected chi connectivity index (χ1v) is 9.34. The molecular formula is C18H19FN4O2S. The van der Waals surface area contributed by atoms with Crippen molar-refractivity contribution < 1.29 is 13.9 Å². The van der Waals surface area contributed by atoms with Gasteiger partial charge >= 0.3 is 0 Å². The number of nitrogens with zero attached hydrogens (tertiary/aromatic N) is 4. The number of carbonyl (C=O) groups excluding carboxylic acids is 1. The number of thiazole rings is 1. The van der Waals surface area contributed by atoms with Gasteiger partial charge < -0.3 is 4.74 Å². The molecule has 3 aromatic rings. The van der Waals surface area contributed by atoms with E-state index in [4.69, 9.17) is 4.74 Å². The van der Waals surface area contributed by atoms with Crippen LogP contribution in [-0.4, -0.2) is 39.9 Å². The van der Waals surface area contributed by atoms with Gasteiger partial charge in [-0.1, -0.05) is 17.4 Å². The number of benzene rings is 1. The van der Waals surface area contributed by atoms with Crippen molar-refractivity contribution in [1.29, 1.82) is 0 Å². The van der Waals surface area contributed by atoms with Crippen LogP contribution in [-0.2, 0) is 11.8 Å². The van der Waals surface area contributed by atoms with Crippen molar-refractivity contribution in [3.8, 4) is 0 Å². The van der Waals surface area contributed by atoms with Gasteiger partial charge in [0.1, 0.15) is 17.0 Å². The molecule has 0 bridgehead atoms. The Morgan fingerprint density at radius 2 is 2.35 bits per heavy atom. The third kappa shape index (κ3) is 3.10. The highest BCUT2D eigenvalue weighted by molar-refractivity contribution is 7.22. The van der Waals surface area contributed by atoms with Crippen molar-refractivity contribution in [2.24, 2.45) is 7.05 Å². The van der Waals surface area contributed by atoms with Gasteiger partial charge in [0, 0.05) is 13.7 Å². The summed E-state index contributed by atoms with van der Waals surface area (Å²) in [5, 5.41) is 4.73. The second-order valence-corrected chi connectivity index (χ2v) is 7.44. The lowest BCUT2D eigenvalue weighted by atomic mass is 10.2. The summed E-state index contributed by atoms with van der Waals surface area (Å²) in [6.07, 6.45) is 1.84. The van der Waals surface area contributed by atoms with Gasteiger partial charge in [0.15, 0.2) is 5.13 Å². The largest absolute Gasteiger partial charge is 0.376 e. The first-order valence-electron chi connectivity index (χ1n) is 8.52. The third-order valence-corrected chi connectivity index (χ3v) is 5.51. The number of aryl methyl sites for hydroxylation is 2. The van der Waals surface area contributed by atoms with Crippen molar-refractivity contribution in [1.82, 2.24) is 14.8 Å². The first kappa shape index (κ1) is 17.1. The zero-order valence-corrected chi connectivity index (χ0v) is 15.4. The molecule has 8 heteroatoms. The van der Waals surface area contributed by atoms with Gasteiger partial charge in [-0.25, -0.2) is 9.37 Å². The lowest BCUT2D eigenvalue weighted by Gasteiger charge is -2.22. The average molecular weight is 374 g/mol. The Kier molecular flexibility index (Phi) is 4.46. The molecule has 0 N–H and O–H groups in total. The summed E-state index contributed by atoms with van der Waals surface area (Å²) in [4.78, 5) is 19.2. The average Bonchev–Trinajstić information content (AvgIpc) is 3.32. The molecule has 136 valence electrons. The first-order chi connectivity index (χ1) is 12.5. The van der Waals surface area contributed by atoms with Crippen molar-refractivity contribution >= 4 is 32.6 Å². The molecule has 0 radical (unpaired) electrons. The highest BCUT2D eigenvalue weighted by Crippen LogP contribution is 2.32. The van der Waals surface area contributed by atoms with Gasteiger partial charge in [-0.2, -0.15) is 5.10 Å². The Labute approximate surface area is 154 Å². The van der Waals surface area contributed by atoms with Crippen LogP contribution in [0, 0.1) is 12.7 Å². The highest BCUT2D eigenvalue weighted by atomic mass is 32.1. The van der Waals surface area contributed by atoms with E-state index in [0.717, 1.165) is 18.5 Å². The van der Waals surface area contributed by atoms with Gasteiger partial charge in [0.25, 0.3) is 5.91 Å². The topological polar surface area (TPSA) is 60.3 Å². The summed E-state index contributed by atoms with van der Waals surface area (Å²) in [5.41, 5.74) is 1.53. The van der Waals surface area contributed by atoms with E-state index in [0.29, 0.717) is 34.2 Å². The number of anilines is 1. The standard InChI is InChI=1S/C18H19FN4O2S/c1-11-9-14(22(2)21-11)17(24)23(10-12-5-4-8-25-12)18-20-16-13(19)6-3-7-15(16)26-18/h3,6-7,9,12H,4-5,8,10H2,1-2H3/t12-/m1/s1. The van der Waals surface area contributed by atoms with Crippen LogP contribution in [0.1, 0.15) is 29.0 Å². The van der Waals surface area contributed by atoms with Crippen molar-refractivity contribution in [2.75, 3.05) is 18.1 Å². The summed E-state index contributed by atoms with van der Waals surface area (Å²) in [7, 11) is 1.74. The van der Waals surface area contributed by atoms with E-state index in [1.54, 1.807) is 28.8 Å². The molecule has 0 spiro atoms. The summed E-state index contributed by atoms with van der Waals surface area (Å²) in [6, 6.07) is 6.58. The number of hydrogen-bond acceptors (Lipinski definition) is 5. The van der Waals surface area contributed by atoms with Crippen LogP contribution < -0.4 is 4.90 Å². The molecule has 1 amide bonds. The van der Waals surface area contributed by atoms with E-state index in [-0.39, 0.29) is 17.8 Å². The Morgan fingerprint density at radius 3 is 3.00 bits per heavy atom. The van der Waals surface area contributed by atoms with Crippen LogP contribution >= 0.6 is 11.3 Å². The fourth-order valence-corrected chi connectivity index (χ4v) is 4.20. The Hall–Kier alpha value is -2.32. The second-order valence-electron chi connectivity index (χ2n) is 6.43. The SMILES string of the molecule is Cc1cc(C(=O)N(C[C@H]2CCCO2)c2nc3c(F)cccc3s2)n(C)n1. The zero-order chi connectivity index (χ0) is 18.3. The molecule has 1 saturated heterocycles. The van der Waals surface area contributed by atoms with Crippen LogP contribution in [0.4, 0.5) is 9.52 Å². The number of para-hydroxylation sites is 1. The monoisotopic (exact) mass is 374 g/mol. The number of halogens is 1. The van der Waals surface area contributed by atoms with E-state index in [1.807, 2.05) is 13.0 Å². The van der Waals surface area contributed by atoms with Gasteiger partial charge in [0.2, 0.25) is 0 Å². The van der Waals surface area contributed by atoms with Gasteiger partial charge in [-0.05, 0) is 38.0 Å². The summed E-state index contributed by atoms with van der Waals surface area (Å²) in [5.74, 6) is -0.589. The van der Waals surface area contributed by atoms with Crippen molar-refractivity contribution in [3.63, 3.8) is 0 Å². The predicted molar refractivity (Wildman–Crippen MR) is 98.2 cm³/mol. The quantitative estimate of drug-likeness (QED) is 0.703. The summed E-state index contributed by atoms with van der Waals surface area (Å²) in [6.45, 7) is 2.94. The molecule has 26 heavy (non-hydrogen) atoms. The number of fused-ring (bicyclic) bond motifs is 1. The van der Waals surface area contributed by atoms with Crippen LogP contribution in [0.15, 0.2) is 24.3 Å². The molecule has 1 aliphatic heterocycles. The zero-order valence-electron chi connectivity index (χ0n) is 14.6. The van der Waals surface area contributed by atoms with Crippen molar-refractivity contribution in [2.45, 2.75) is 25.9 Å². The lowest BCUT2D eigenvalue weighted by molar-refractivity contribution is 0.0909. The van der Waals surface area contributed by atoms with Crippen LogP contribution in [0.5, 0.6) is 0 Å². The molecule has 1 atom stereocenters. The van der Waals surface area contributed by atoms with Crippen molar-refractivity contribution in [3.05, 3.63) is 41.5 Å². The van der Waals surface area contributed by atoms with E-state index in [2.05, 4.69) is 10.1 Å².